The van der Waals surface area contributed by atoms with Crippen LogP contribution in [-0.2, 0) is 4.79 Å². The smallest absolute Gasteiger partial charge is 0.230 e. The van der Waals surface area contributed by atoms with Crippen molar-refractivity contribution in [1.29, 1.82) is 0 Å². The molecular weight excluding hydrogens is 228 g/mol. The number of nitrogens with zero attached hydrogens (tertiary/aromatic N) is 1. The molecule has 0 aromatic carbocycles. The van der Waals surface area contributed by atoms with E-state index in [1.165, 1.54) is 0 Å². The minimum atomic E-state index is -0.587. The van der Waals surface area contributed by atoms with E-state index in [1.807, 2.05) is 6.92 Å². The molecule has 16 heavy (non-hydrogen) atoms. The van der Waals surface area contributed by atoms with Gasteiger partial charge in [-0.05, 0) is 26.8 Å². The van der Waals surface area contributed by atoms with E-state index in [0.29, 0.717) is 0 Å². The first kappa shape index (κ1) is 13.2. The molecule has 1 aliphatic heterocycles. The third kappa shape index (κ3) is 3.32. The van der Waals surface area contributed by atoms with Gasteiger partial charge in [0.1, 0.15) is 5.50 Å². The number of dihydropyridines is 1. The predicted molar refractivity (Wildman–Crippen MR) is 64.7 cm³/mol. The molecule has 4 nitrogen and oxygen atoms in total. The van der Waals surface area contributed by atoms with E-state index in [9.17, 15) is 9.90 Å². The Bertz CT molecular complexity index is 326. The molecular formula is C11H17ClN2O2. The van der Waals surface area contributed by atoms with Crippen molar-refractivity contribution < 1.29 is 9.90 Å². The molecule has 5 heteroatoms. The summed E-state index contributed by atoms with van der Waals surface area (Å²) < 4.78 is 0. The van der Waals surface area contributed by atoms with Crippen molar-refractivity contribution in [3.05, 3.63) is 12.2 Å². The highest BCUT2D eigenvalue weighted by Gasteiger charge is 2.27. The number of rotatable bonds is 3. The van der Waals surface area contributed by atoms with Crippen LogP contribution in [0.15, 0.2) is 17.1 Å². The van der Waals surface area contributed by atoms with Crippen LogP contribution in [0.4, 0.5) is 0 Å². The van der Waals surface area contributed by atoms with Crippen LogP contribution < -0.4 is 5.32 Å². The third-order valence-electron chi connectivity index (χ3n) is 2.56. The zero-order valence-electron chi connectivity index (χ0n) is 9.64. The van der Waals surface area contributed by atoms with Crippen molar-refractivity contribution in [2.45, 2.75) is 38.4 Å². The van der Waals surface area contributed by atoms with E-state index in [0.717, 1.165) is 5.71 Å². The molecule has 4 atom stereocenters. The van der Waals surface area contributed by atoms with Crippen molar-refractivity contribution >= 4 is 23.2 Å². The predicted octanol–water partition coefficient (Wildman–Crippen LogP) is 1.08. The largest absolute Gasteiger partial charge is 0.391 e. The van der Waals surface area contributed by atoms with Gasteiger partial charge in [0, 0.05) is 5.71 Å². The summed E-state index contributed by atoms with van der Waals surface area (Å²) in [5.74, 6) is -0.674. The van der Waals surface area contributed by atoms with Crippen LogP contribution in [0.5, 0.6) is 0 Å². The molecule has 0 spiro atoms. The highest BCUT2D eigenvalue weighted by atomic mass is 35.5. The van der Waals surface area contributed by atoms with Gasteiger partial charge in [0.05, 0.1) is 18.1 Å². The van der Waals surface area contributed by atoms with Crippen molar-refractivity contribution in [2.75, 3.05) is 0 Å². The van der Waals surface area contributed by atoms with Crippen LogP contribution in [-0.4, -0.2) is 34.4 Å². The molecule has 0 aromatic heterocycles. The monoisotopic (exact) mass is 244 g/mol. The standard InChI is InChI=1S/C11H17ClN2O2/c1-6-4-5-9(10(12)13-6)11(16)14-7(2)8(3)15/h4-5,7-10,15H,1-3H3,(H,14,16). The average molecular weight is 245 g/mol. The summed E-state index contributed by atoms with van der Waals surface area (Å²) >= 11 is 5.97. The number of amides is 1. The number of alkyl halides is 1. The number of halogens is 1. The molecule has 1 heterocycles. The summed E-state index contributed by atoms with van der Waals surface area (Å²) in [5, 5.41) is 12.0. The van der Waals surface area contributed by atoms with E-state index in [1.54, 1.807) is 26.0 Å². The summed E-state index contributed by atoms with van der Waals surface area (Å²) in [6.07, 6.45) is 2.93. The Hall–Kier alpha value is -0.870. The van der Waals surface area contributed by atoms with Crippen LogP contribution in [0.2, 0.25) is 0 Å². The highest BCUT2D eigenvalue weighted by molar-refractivity contribution is 6.23. The molecule has 0 bridgehead atoms. The van der Waals surface area contributed by atoms with E-state index in [2.05, 4.69) is 10.3 Å². The molecule has 0 radical (unpaired) electrons. The fraction of sp³-hybridized carbons (Fsp3) is 0.636. The fourth-order valence-electron chi connectivity index (χ4n) is 1.31. The number of aliphatic imine (C=N–C) groups is 1. The van der Waals surface area contributed by atoms with Gasteiger partial charge < -0.3 is 10.4 Å². The van der Waals surface area contributed by atoms with Crippen molar-refractivity contribution in [2.24, 2.45) is 10.9 Å². The van der Waals surface area contributed by atoms with Gasteiger partial charge in [-0.15, -0.1) is 0 Å². The third-order valence-corrected chi connectivity index (χ3v) is 2.93. The zero-order valence-corrected chi connectivity index (χ0v) is 10.4. The summed E-state index contributed by atoms with van der Waals surface area (Å²) in [6, 6.07) is -0.295. The summed E-state index contributed by atoms with van der Waals surface area (Å²) in [6.45, 7) is 5.20. The Morgan fingerprint density at radius 2 is 2.25 bits per heavy atom. The van der Waals surface area contributed by atoms with Crippen LogP contribution in [0.25, 0.3) is 0 Å². The first-order valence-electron chi connectivity index (χ1n) is 5.27. The Morgan fingerprint density at radius 1 is 1.62 bits per heavy atom. The van der Waals surface area contributed by atoms with Crippen molar-refractivity contribution in [1.82, 2.24) is 5.32 Å². The lowest BCUT2D eigenvalue weighted by atomic mass is 10.0. The second-order valence-corrected chi connectivity index (χ2v) is 4.51. The molecule has 0 fully saturated rings. The number of nitrogens with one attached hydrogen (secondary N) is 1. The van der Waals surface area contributed by atoms with E-state index in [-0.39, 0.29) is 11.9 Å². The Labute approximate surface area is 100 Å². The Balaban J connectivity index is 2.59. The van der Waals surface area contributed by atoms with Gasteiger partial charge in [0.15, 0.2) is 0 Å². The summed E-state index contributed by atoms with van der Waals surface area (Å²) in [5.41, 5.74) is 0.249. The molecule has 0 aromatic rings. The summed E-state index contributed by atoms with van der Waals surface area (Å²) in [4.78, 5) is 15.9. The van der Waals surface area contributed by atoms with Gasteiger partial charge in [0.25, 0.3) is 0 Å². The lowest BCUT2D eigenvalue weighted by molar-refractivity contribution is -0.125. The molecule has 0 aliphatic carbocycles. The Kier molecular flexibility index (Phi) is 4.50. The zero-order chi connectivity index (χ0) is 12.3. The molecule has 1 amide bonds. The number of allylic oxidation sites excluding steroid dienone is 1. The molecule has 90 valence electrons. The average Bonchev–Trinajstić information content (AvgIpc) is 2.16. The van der Waals surface area contributed by atoms with E-state index in [4.69, 9.17) is 11.6 Å². The number of hydrogen-bond acceptors (Lipinski definition) is 3. The lowest BCUT2D eigenvalue weighted by Crippen LogP contribution is -2.44. The topological polar surface area (TPSA) is 61.7 Å². The van der Waals surface area contributed by atoms with Crippen LogP contribution in [0, 0.1) is 5.92 Å². The molecule has 1 aliphatic rings. The molecule has 2 N–H and O–H groups in total. The maximum absolute atomic E-state index is 11.8. The SMILES string of the molecule is CC1=NC(Cl)C(C(=O)NC(C)C(C)O)C=C1. The van der Waals surface area contributed by atoms with Gasteiger partial charge in [-0.3, -0.25) is 9.79 Å². The number of aliphatic hydroxyl groups excluding tert-OH is 1. The molecule has 4 unspecified atom stereocenters. The minimum absolute atomic E-state index is 0.207. The molecule has 0 saturated carbocycles. The van der Waals surface area contributed by atoms with E-state index < -0.39 is 17.5 Å². The molecule has 0 saturated heterocycles. The minimum Gasteiger partial charge on any atom is -0.391 e. The van der Waals surface area contributed by atoms with E-state index >= 15 is 0 Å². The first-order chi connectivity index (χ1) is 7.41. The fourth-order valence-corrected chi connectivity index (χ4v) is 1.66. The normalized spacial score (nSPS) is 28.2. The second kappa shape index (κ2) is 5.46. The Morgan fingerprint density at radius 3 is 2.75 bits per heavy atom. The van der Waals surface area contributed by atoms with Gasteiger partial charge >= 0.3 is 0 Å². The van der Waals surface area contributed by atoms with Crippen LogP contribution in [0.3, 0.4) is 0 Å². The second-order valence-electron chi connectivity index (χ2n) is 4.07. The maximum atomic E-state index is 11.8. The number of aliphatic hydroxyl groups is 1. The van der Waals surface area contributed by atoms with Crippen molar-refractivity contribution in [3.8, 4) is 0 Å². The molecule has 1 rings (SSSR count). The van der Waals surface area contributed by atoms with Crippen LogP contribution in [0.1, 0.15) is 20.8 Å². The first-order valence-corrected chi connectivity index (χ1v) is 5.70. The highest BCUT2D eigenvalue weighted by Crippen LogP contribution is 2.19. The van der Waals surface area contributed by atoms with Crippen LogP contribution >= 0.6 is 11.6 Å². The number of carbonyl (C=O) groups excluding carboxylic acids is 1. The maximum Gasteiger partial charge on any atom is 0.230 e. The van der Waals surface area contributed by atoms with Crippen molar-refractivity contribution in [3.63, 3.8) is 0 Å². The lowest BCUT2D eigenvalue weighted by Gasteiger charge is -2.23. The van der Waals surface area contributed by atoms with Gasteiger partial charge in [-0.2, -0.15) is 0 Å². The van der Waals surface area contributed by atoms with Gasteiger partial charge in [-0.25, -0.2) is 0 Å². The number of carbonyl (C=O) groups is 1. The van der Waals surface area contributed by atoms with Gasteiger partial charge in [0.2, 0.25) is 5.91 Å². The number of hydrogen-bond donors (Lipinski definition) is 2. The summed E-state index contributed by atoms with van der Waals surface area (Å²) in [7, 11) is 0. The quantitative estimate of drug-likeness (QED) is 0.577. The van der Waals surface area contributed by atoms with Gasteiger partial charge in [-0.1, -0.05) is 17.7 Å².